The summed E-state index contributed by atoms with van der Waals surface area (Å²) in [6, 6.07) is 9.98. The van der Waals surface area contributed by atoms with E-state index in [1.54, 1.807) is 0 Å². The van der Waals surface area contributed by atoms with Gasteiger partial charge in [-0.3, -0.25) is 0 Å². The van der Waals surface area contributed by atoms with E-state index < -0.39 is 11.5 Å². The molecule has 0 amide bonds. The van der Waals surface area contributed by atoms with Gasteiger partial charge in [-0.15, -0.1) is 0 Å². The SMILES string of the molecule is CC1CCC(C(O)C2(C#N)COc3ccccc3C2)O1. The van der Waals surface area contributed by atoms with Crippen molar-refractivity contribution in [3.63, 3.8) is 0 Å². The molecular formula is C16H19NO3. The zero-order valence-electron chi connectivity index (χ0n) is 11.6. The molecule has 0 spiro atoms. The smallest absolute Gasteiger partial charge is 0.124 e. The summed E-state index contributed by atoms with van der Waals surface area (Å²) in [5, 5.41) is 20.3. The van der Waals surface area contributed by atoms with Crippen LogP contribution >= 0.6 is 0 Å². The zero-order valence-corrected chi connectivity index (χ0v) is 11.6. The quantitative estimate of drug-likeness (QED) is 0.896. The third-order valence-electron chi connectivity index (χ3n) is 4.37. The van der Waals surface area contributed by atoms with Gasteiger partial charge in [-0.2, -0.15) is 5.26 Å². The molecule has 1 aromatic rings. The van der Waals surface area contributed by atoms with Gasteiger partial charge >= 0.3 is 0 Å². The highest BCUT2D eigenvalue weighted by atomic mass is 16.5. The van der Waals surface area contributed by atoms with Crippen molar-refractivity contribution in [2.75, 3.05) is 6.61 Å². The van der Waals surface area contributed by atoms with Gasteiger partial charge in [0.2, 0.25) is 0 Å². The Morgan fingerprint density at radius 3 is 2.90 bits per heavy atom. The van der Waals surface area contributed by atoms with Crippen LogP contribution in [0.3, 0.4) is 0 Å². The summed E-state index contributed by atoms with van der Waals surface area (Å²) in [5.74, 6) is 0.811. The molecule has 1 aromatic carbocycles. The van der Waals surface area contributed by atoms with E-state index in [1.165, 1.54) is 0 Å². The van der Waals surface area contributed by atoms with Crippen molar-refractivity contribution in [2.24, 2.45) is 5.41 Å². The summed E-state index contributed by atoms with van der Waals surface area (Å²) in [7, 11) is 0. The summed E-state index contributed by atoms with van der Waals surface area (Å²) in [6.45, 7) is 2.22. The Kier molecular flexibility index (Phi) is 3.41. The van der Waals surface area contributed by atoms with Gasteiger partial charge in [-0.05, 0) is 31.4 Å². The second-order valence-electron chi connectivity index (χ2n) is 5.85. The number of nitrogens with zero attached hydrogens (tertiary/aromatic N) is 1. The van der Waals surface area contributed by atoms with Gasteiger partial charge in [-0.1, -0.05) is 18.2 Å². The van der Waals surface area contributed by atoms with Crippen LogP contribution in [0.4, 0.5) is 0 Å². The third kappa shape index (κ3) is 2.17. The first-order valence-electron chi connectivity index (χ1n) is 7.10. The summed E-state index contributed by atoms with van der Waals surface area (Å²) < 4.78 is 11.4. The molecule has 0 aromatic heterocycles. The van der Waals surface area contributed by atoms with E-state index >= 15 is 0 Å². The Morgan fingerprint density at radius 2 is 2.20 bits per heavy atom. The molecule has 0 radical (unpaired) electrons. The molecular weight excluding hydrogens is 254 g/mol. The second kappa shape index (κ2) is 5.08. The number of fused-ring (bicyclic) bond motifs is 1. The molecule has 20 heavy (non-hydrogen) atoms. The number of ether oxygens (including phenoxy) is 2. The highest BCUT2D eigenvalue weighted by Crippen LogP contribution is 2.40. The van der Waals surface area contributed by atoms with Gasteiger partial charge < -0.3 is 14.6 Å². The van der Waals surface area contributed by atoms with Crippen LogP contribution < -0.4 is 4.74 Å². The summed E-state index contributed by atoms with van der Waals surface area (Å²) in [4.78, 5) is 0. The molecule has 106 valence electrons. The first kappa shape index (κ1) is 13.4. The lowest BCUT2D eigenvalue weighted by Crippen LogP contribution is -2.49. The first-order chi connectivity index (χ1) is 9.64. The van der Waals surface area contributed by atoms with Crippen molar-refractivity contribution < 1.29 is 14.6 Å². The van der Waals surface area contributed by atoms with Crippen molar-refractivity contribution in [2.45, 2.75) is 44.5 Å². The maximum atomic E-state index is 10.6. The molecule has 0 saturated carbocycles. The molecule has 4 nitrogen and oxygen atoms in total. The van der Waals surface area contributed by atoms with Crippen LogP contribution in [0.15, 0.2) is 24.3 Å². The van der Waals surface area contributed by atoms with Gasteiger partial charge in [0.15, 0.2) is 0 Å². The Bertz CT molecular complexity index is 539. The highest BCUT2D eigenvalue weighted by molar-refractivity contribution is 5.38. The summed E-state index contributed by atoms with van der Waals surface area (Å²) in [5.41, 5.74) is 0.0636. The number of aliphatic hydroxyl groups excluding tert-OH is 1. The number of para-hydroxylation sites is 1. The van der Waals surface area contributed by atoms with E-state index in [0.717, 1.165) is 24.2 Å². The van der Waals surface area contributed by atoms with Gasteiger partial charge in [0.1, 0.15) is 23.9 Å². The largest absolute Gasteiger partial charge is 0.492 e. The maximum absolute atomic E-state index is 10.6. The molecule has 2 aliphatic rings. The van der Waals surface area contributed by atoms with Crippen LogP contribution in [-0.2, 0) is 11.2 Å². The van der Waals surface area contributed by atoms with E-state index in [9.17, 15) is 10.4 Å². The minimum atomic E-state index is -0.914. The van der Waals surface area contributed by atoms with Crippen molar-refractivity contribution >= 4 is 0 Å². The van der Waals surface area contributed by atoms with Crippen LogP contribution in [0, 0.1) is 16.7 Å². The fourth-order valence-electron chi connectivity index (χ4n) is 3.14. The van der Waals surface area contributed by atoms with Crippen molar-refractivity contribution in [1.29, 1.82) is 5.26 Å². The Hall–Kier alpha value is -1.57. The second-order valence-corrected chi connectivity index (χ2v) is 5.85. The molecule has 2 heterocycles. The molecule has 1 N–H and O–H groups in total. The maximum Gasteiger partial charge on any atom is 0.124 e. The number of aliphatic hydroxyl groups is 1. The third-order valence-corrected chi connectivity index (χ3v) is 4.37. The molecule has 4 heteroatoms. The molecule has 4 atom stereocenters. The van der Waals surface area contributed by atoms with E-state index in [1.807, 2.05) is 31.2 Å². The van der Waals surface area contributed by atoms with Crippen molar-refractivity contribution in [1.82, 2.24) is 0 Å². The summed E-state index contributed by atoms with van der Waals surface area (Å²) >= 11 is 0. The van der Waals surface area contributed by atoms with E-state index in [0.29, 0.717) is 6.42 Å². The number of nitriles is 1. The highest BCUT2D eigenvalue weighted by Gasteiger charge is 2.48. The molecule has 0 bridgehead atoms. The summed E-state index contributed by atoms with van der Waals surface area (Å²) in [6.07, 6.45) is 1.31. The van der Waals surface area contributed by atoms with Crippen LogP contribution in [0.5, 0.6) is 5.75 Å². The molecule has 0 aliphatic carbocycles. The minimum absolute atomic E-state index is 0.155. The Balaban J connectivity index is 1.85. The lowest BCUT2D eigenvalue weighted by atomic mass is 9.74. The van der Waals surface area contributed by atoms with Crippen molar-refractivity contribution in [3.05, 3.63) is 29.8 Å². The average Bonchev–Trinajstić information content (AvgIpc) is 2.92. The molecule has 2 aliphatic heterocycles. The van der Waals surface area contributed by atoms with E-state index in [4.69, 9.17) is 9.47 Å². The molecule has 3 rings (SSSR count). The number of hydrogen-bond acceptors (Lipinski definition) is 4. The fourth-order valence-corrected chi connectivity index (χ4v) is 3.14. The van der Waals surface area contributed by atoms with Gasteiger partial charge in [0, 0.05) is 6.42 Å². The van der Waals surface area contributed by atoms with E-state index in [2.05, 4.69) is 6.07 Å². The predicted octanol–water partition coefficient (Wildman–Crippen LogP) is 2.06. The minimum Gasteiger partial charge on any atom is -0.492 e. The monoisotopic (exact) mass is 273 g/mol. The number of rotatable bonds is 2. The topological polar surface area (TPSA) is 62.5 Å². The molecule has 1 fully saturated rings. The fraction of sp³-hybridized carbons (Fsp3) is 0.562. The number of benzene rings is 1. The van der Waals surface area contributed by atoms with Crippen LogP contribution in [0.1, 0.15) is 25.3 Å². The molecule has 1 saturated heterocycles. The van der Waals surface area contributed by atoms with Gasteiger partial charge in [0.25, 0.3) is 0 Å². The number of hydrogen-bond donors (Lipinski definition) is 1. The zero-order chi connectivity index (χ0) is 14.2. The normalized spacial score (nSPS) is 33.9. The first-order valence-corrected chi connectivity index (χ1v) is 7.10. The van der Waals surface area contributed by atoms with Crippen LogP contribution in [0.2, 0.25) is 0 Å². The lowest BCUT2D eigenvalue weighted by Gasteiger charge is -2.38. The Morgan fingerprint density at radius 1 is 1.40 bits per heavy atom. The van der Waals surface area contributed by atoms with Gasteiger partial charge in [0.05, 0.1) is 18.3 Å². The average molecular weight is 273 g/mol. The van der Waals surface area contributed by atoms with Crippen LogP contribution in [0.25, 0.3) is 0 Å². The van der Waals surface area contributed by atoms with Crippen LogP contribution in [-0.4, -0.2) is 30.0 Å². The van der Waals surface area contributed by atoms with Gasteiger partial charge in [-0.25, -0.2) is 0 Å². The lowest BCUT2D eigenvalue weighted by molar-refractivity contribution is -0.0859. The Labute approximate surface area is 118 Å². The van der Waals surface area contributed by atoms with E-state index in [-0.39, 0.29) is 18.8 Å². The predicted molar refractivity (Wildman–Crippen MR) is 73.3 cm³/mol. The van der Waals surface area contributed by atoms with Crippen molar-refractivity contribution in [3.8, 4) is 11.8 Å². The standard InChI is InChI=1S/C16H19NO3/c1-11-6-7-14(20-11)15(18)16(9-17)8-12-4-2-3-5-13(12)19-10-16/h2-5,11,14-15,18H,6-8,10H2,1H3. The molecule has 4 unspecified atom stereocenters.